The van der Waals surface area contributed by atoms with Crippen LogP contribution in [0, 0.1) is 5.82 Å². The average Bonchev–Trinajstić information content (AvgIpc) is 3.21. The zero-order valence-corrected chi connectivity index (χ0v) is 17.8. The standard InChI is InChI=1S/C24H20F4N4O/c1-14(2)16-5-7-17(8-6-16)20-11-21(24(26,27)28)32-22(31-20)19(13-30-32)23(33)29-12-15-3-9-18(25)10-4-15/h3-11,13-14H,12H2,1-2H3,(H,29,33). The van der Waals surface area contributed by atoms with E-state index in [1.807, 2.05) is 26.0 Å². The lowest BCUT2D eigenvalue weighted by Crippen LogP contribution is -2.23. The van der Waals surface area contributed by atoms with Gasteiger partial charge in [-0.15, -0.1) is 0 Å². The zero-order valence-electron chi connectivity index (χ0n) is 17.8. The van der Waals surface area contributed by atoms with Crippen LogP contribution in [0.2, 0.25) is 0 Å². The number of nitrogens with one attached hydrogen (secondary N) is 1. The lowest BCUT2D eigenvalue weighted by molar-refractivity contribution is -0.142. The van der Waals surface area contributed by atoms with Crippen molar-refractivity contribution in [1.82, 2.24) is 19.9 Å². The number of amides is 1. The maximum Gasteiger partial charge on any atom is 0.433 e. The van der Waals surface area contributed by atoms with Gasteiger partial charge in [0.05, 0.1) is 11.9 Å². The van der Waals surface area contributed by atoms with Crippen LogP contribution in [0.5, 0.6) is 0 Å². The Kier molecular flexibility index (Phi) is 5.88. The van der Waals surface area contributed by atoms with Crippen LogP contribution in [-0.2, 0) is 12.7 Å². The molecule has 4 rings (SSSR count). The van der Waals surface area contributed by atoms with Crippen LogP contribution < -0.4 is 5.32 Å². The largest absolute Gasteiger partial charge is 0.433 e. The lowest BCUT2D eigenvalue weighted by Gasteiger charge is -2.12. The van der Waals surface area contributed by atoms with Crippen molar-refractivity contribution >= 4 is 11.6 Å². The molecular formula is C24H20F4N4O. The molecule has 0 saturated heterocycles. The van der Waals surface area contributed by atoms with Gasteiger partial charge >= 0.3 is 6.18 Å². The summed E-state index contributed by atoms with van der Waals surface area (Å²) in [6.07, 6.45) is -3.65. The molecule has 0 spiro atoms. The molecule has 0 saturated carbocycles. The van der Waals surface area contributed by atoms with Gasteiger partial charge in [-0.2, -0.15) is 18.3 Å². The van der Waals surface area contributed by atoms with Crippen LogP contribution in [0.1, 0.15) is 46.9 Å². The predicted molar refractivity (Wildman–Crippen MR) is 115 cm³/mol. The van der Waals surface area contributed by atoms with Crippen molar-refractivity contribution in [2.24, 2.45) is 0 Å². The van der Waals surface area contributed by atoms with Gasteiger partial charge in [-0.25, -0.2) is 13.9 Å². The Morgan fingerprint density at radius 2 is 1.73 bits per heavy atom. The fourth-order valence-electron chi connectivity index (χ4n) is 3.39. The highest BCUT2D eigenvalue weighted by atomic mass is 19.4. The number of carbonyl (C=O) groups is 1. The van der Waals surface area contributed by atoms with Gasteiger partial charge in [-0.05, 0) is 35.2 Å². The monoisotopic (exact) mass is 456 g/mol. The van der Waals surface area contributed by atoms with Crippen molar-refractivity contribution in [3.8, 4) is 11.3 Å². The van der Waals surface area contributed by atoms with Gasteiger partial charge in [0.1, 0.15) is 11.4 Å². The molecule has 4 aromatic rings. The van der Waals surface area contributed by atoms with Crippen molar-refractivity contribution in [1.29, 1.82) is 0 Å². The minimum absolute atomic E-state index is 0.0684. The van der Waals surface area contributed by atoms with Gasteiger partial charge < -0.3 is 5.32 Å². The SMILES string of the molecule is CC(C)c1ccc(-c2cc(C(F)(F)F)n3ncc(C(=O)NCc4ccc(F)cc4)c3n2)cc1. The molecule has 170 valence electrons. The van der Waals surface area contributed by atoms with Gasteiger partial charge in [0, 0.05) is 12.1 Å². The van der Waals surface area contributed by atoms with Crippen LogP contribution >= 0.6 is 0 Å². The third-order valence-electron chi connectivity index (χ3n) is 5.25. The molecule has 1 amide bonds. The normalized spacial score (nSPS) is 11.8. The molecule has 0 aliphatic carbocycles. The summed E-state index contributed by atoms with van der Waals surface area (Å²) in [4.78, 5) is 17.1. The minimum atomic E-state index is -4.71. The quantitative estimate of drug-likeness (QED) is 0.397. The van der Waals surface area contributed by atoms with Crippen LogP contribution in [0.4, 0.5) is 17.6 Å². The maximum atomic E-state index is 13.8. The number of benzene rings is 2. The van der Waals surface area contributed by atoms with E-state index in [4.69, 9.17) is 0 Å². The van der Waals surface area contributed by atoms with Crippen LogP contribution in [-0.4, -0.2) is 20.5 Å². The Morgan fingerprint density at radius 3 is 2.33 bits per heavy atom. The zero-order chi connectivity index (χ0) is 23.8. The number of fused-ring (bicyclic) bond motifs is 1. The molecule has 0 unspecified atom stereocenters. The molecule has 0 fully saturated rings. The van der Waals surface area contributed by atoms with Gasteiger partial charge in [-0.1, -0.05) is 50.2 Å². The Morgan fingerprint density at radius 1 is 1.06 bits per heavy atom. The number of aromatic nitrogens is 3. The number of rotatable bonds is 5. The summed E-state index contributed by atoms with van der Waals surface area (Å²) in [6.45, 7) is 4.10. The highest BCUT2D eigenvalue weighted by Crippen LogP contribution is 2.33. The summed E-state index contributed by atoms with van der Waals surface area (Å²) >= 11 is 0. The van der Waals surface area contributed by atoms with E-state index in [2.05, 4.69) is 15.4 Å². The molecular weight excluding hydrogens is 436 g/mol. The molecule has 0 aliphatic heterocycles. The van der Waals surface area contributed by atoms with Gasteiger partial charge in [0.15, 0.2) is 11.3 Å². The van der Waals surface area contributed by atoms with Crippen LogP contribution in [0.15, 0.2) is 60.8 Å². The van der Waals surface area contributed by atoms with E-state index in [0.29, 0.717) is 15.6 Å². The predicted octanol–water partition coefficient (Wildman–Crippen LogP) is 5.61. The van der Waals surface area contributed by atoms with E-state index >= 15 is 0 Å². The third-order valence-corrected chi connectivity index (χ3v) is 5.25. The molecule has 2 aromatic carbocycles. The first-order chi connectivity index (χ1) is 15.6. The molecule has 2 aromatic heterocycles. The number of hydrogen-bond donors (Lipinski definition) is 1. The topological polar surface area (TPSA) is 59.3 Å². The molecule has 0 aliphatic rings. The van der Waals surface area contributed by atoms with E-state index in [1.54, 1.807) is 12.1 Å². The number of hydrogen-bond acceptors (Lipinski definition) is 3. The summed E-state index contributed by atoms with van der Waals surface area (Å²) in [6, 6.07) is 13.5. The van der Waals surface area contributed by atoms with Crippen molar-refractivity contribution in [3.63, 3.8) is 0 Å². The summed E-state index contributed by atoms with van der Waals surface area (Å²) in [5, 5.41) is 6.38. The Balaban J connectivity index is 1.73. The summed E-state index contributed by atoms with van der Waals surface area (Å²) < 4.78 is 55.0. The van der Waals surface area contributed by atoms with E-state index in [0.717, 1.165) is 17.8 Å². The van der Waals surface area contributed by atoms with Crippen LogP contribution in [0.3, 0.4) is 0 Å². The third kappa shape index (κ3) is 4.72. The highest BCUT2D eigenvalue weighted by Gasteiger charge is 2.36. The van der Waals surface area contributed by atoms with Gasteiger partial charge in [-0.3, -0.25) is 4.79 Å². The molecule has 0 atom stereocenters. The van der Waals surface area contributed by atoms with Crippen LogP contribution in [0.25, 0.3) is 16.9 Å². The molecule has 0 bridgehead atoms. The number of carbonyl (C=O) groups excluding carboxylic acids is 1. The van der Waals surface area contributed by atoms with E-state index in [1.165, 1.54) is 24.3 Å². The second-order valence-corrected chi connectivity index (χ2v) is 7.90. The lowest BCUT2D eigenvalue weighted by atomic mass is 10.0. The number of halogens is 4. The smallest absolute Gasteiger partial charge is 0.348 e. The molecule has 5 nitrogen and oxygen atoms in total. The summed E-state index contributed by atoms with van der Waals surface area (Å²) in [5.74, 6) is -0.778. The highest BCUT2D eigenvalue weighted by molar-refractivity contribution is 5.99. The van der Waals surface area contributed by atoms with E-state index in [9.17, 15) is 22.4 Å². The summed E-state index contributed by atoms with van der Waals surface area (Å²) in [5.41, 5.74) is 0.919. The van der Waals surface area contributed by atoms with Gasteiger partial charge in [0.25, 0.3) is 5.91 Å². The Labute approximate surface area is 187 Å². The first-order valence-electron chi connectivity index (χ1n) is 10.2. The first-order valence-corrected chi connectivity index (χ1v) is 10.2. The second kappa shape index (κ2) is 8.65. The summed E-state index contributed by atoms with van der Waals surface area (Å²) in [7, 11) is 0. The molecule has 2 heterocycles. The molecule has 9 heteroatoms. The number of nitrogens with zero attached hydrogens (tertiary/aromatic N) is 3. The molecule has 1 N–H and O–H groups in total. The number of alkyl halides is 3. The fourth-order valence-corrected chi connectivity index (χ4v) is 3.39. The first kappa shape index (κ1) is 22.4. The van der Waals surface area contributed by atoms with E-state index in [-0.39, 0.29) is 29.4 Å². The van der Waals surface area contributed by atoms with Crippen molar-refractivity contribution in [2.45, 2.75) is 32.5 Å². The second-order valence-electron chi connectivity index (χ2n) is 7.90. The van der Waals surface area contributed by atoms with Crippen molar-refractivity contribution < 1.29 is 22.4 Å². The molecule has 33 heavy (non-hydrogen) atoms. The van der Waals surface area contributed by atoms with Crippen molar-refractivity contribution in [2.75, 3.05) is 0 Å². The maximum absolute atomic E-state index is 13.8. The Hall–Kier alpha value is -3.75. The van der Waals surface area contributed by atoms with Gasteiger partial charge in [0.2, 0.25) is 0 Å². The average molecular weight is 456 g/mol. The Bertz CT molecular complexity index is 1290. The minimum Gasteiger partial charge on any atom is -0.348 e. The van der Waals surface area contributed by atoms with Crippen molar-refractivity contribution in [3.05, 3.63) is 89.0 Å². The molecule has 0 radical (unpaired) electrons. The fraction of sp³-hybridized carbons (Fsp3) is 0.208. The van der Waals surface area contributed by atoms with E-state index < -0.39 is 23.6 Å².